The molecule has 0 aromatic carbocycles. The van der Waals surface area contributed by atoms with Crippen molar-refractivity contribution in [1.82, 2.24) is 9.97 Å². The van der Waals surface area contributed by atoms with E-state index in [0.29, 0.717) is 0 Å². The number of nitrogens with zero attached hydrogens (tertiary/aromatic N) is 1. The fraction of sp³-hybridized carbons (Fsp3) is 0.700. The van der Waals surface area contributed by atoms with Gasteiger partial charge in [0.1, 0.15) is 5.82 Å². The highest BCUT2D eigenvalue weighted by Gasteiger charge is 1.99. The van der Waals surface area contributed by atoms with E-state index >= 15 is 0 Å². The Morgan fingerprint density at radius 3 is 3.00 bits per heavy atom. The normalized spacial score (nSPS) is 13.2. The van der Waals surface area contributed by atoms with Crippen LogP contribution in [0.25, 0.3) is 0 Å². The molecular formula is C10H18N2. The summed E-state index contributed by atoms with van der Waals surface area (Å²) < 4.78 is 0. The van der Waals surface area contributed by atoms with E-state index in [9.17, 15) is 0 Å². The first-order valence-electron chi connectivity index (χ1n) is 4.81. The molecule has 1 aromatic rings. The molecule has 0 amide bonds. The van der Waals surface area contributed by atoms with Crippen LogP contribution in [0.15, 0.2) is 12.4 Å². The molecule has 12 heavy (non-hydrogen) atoms. The predicted molar refractivity (Wildman–Crippen MR) is 51.0 cm³/mol. The molecule has 1 rings (SSSR count). The number of aromatic amines is 1. The summed E-state index contributed by atoms with van der Waals surface area (Å²) in [6.07, 6.45) is 8.66. The van der Waals surface area contributed by atoms with Crippen molar-refractivity contribution in [3.8, 4) is 0 Å². The quantitative estimate of drug-likeness (QED) is 0.716. The fourth-order valence-electron chi connectivity index (χ4n) is 1.26. The molecule has 0 fully saturated rings. The summed E-state index contributed by atoms with van der Waals surface area (Å²) in [5.41, 5.74) is 0. The Bertz CT molecular complexity index is 192. The Morgan fingerprint density at radius 1 is 1.58 bits per heavy atom. The van der Waals surface area contributed by atoms with E-state index in [1.807, 2.05) is 12.4 Å². The van der Waals surface area contributed by atoms with E-state index < -0.39 is 0 Å². The first kappa shape index (κ1) is 9.30. The Morgan fingerprint density at radius 2 is 2.42 bits per heavy atom. The third-order valence-electron chi connectivity index (χ3n) is 2.36. The zero-order valence-electron chi connectivity index (χ0n) is 8.01. The molecule has 0 spiro atoms. The van der Waals surface area contributed by atoms with Crippen LogP contribution >= 0.6 is 0 Å². The molecule has 0 radical (unpaired) electrons. The minimum absolute atomic E-state index is 0.861. The highest BCUT2D eigenvalue weighted by atomic mass is 14.9. The Balaban J connectivity index is 2.11. The third-order valence-corrected chi connectivity index (χ3v) is 2.36. The number of aryl methyl sites for hydroxylation is 1. The lowest BCUT2D eigenvalue weighted by Crippen LogP contribution is -1.95. The largest absolute Gasteiger partial charge is 0.349 e. The Hall–Kier alpha value is -0.790. The number of H-pyrrole nitrogens is 1. The topological polar surface area (TPSA) is 28.7 Å². The predicted octanol–water partition coefficient (Wildman–Crippen LogP) is 2.78. The van der Waals surface area contributed by atoms with Gasteiger partial charge in [0.2, 0.25) is 0 Å². The van der Waals surface area contributed by atoms with E-state index in [-0.39, 0.29) is 0 Å². The Labute approximate surface area is 74.4 Å². The van der Waals surface area contributed by atoms with Crippen LogP contribution in [0.1, 0.15) is 38.9 Å². The van der Waals surface area contributed by atoms with Gasteiger partial charge in [0.15, 0.2) is 0 Å². The highest BCUT2D eigenvalue weighted by molar-refractivity contribution is 4.86. The van der Waals surface area contributed by atoms with Crippen LogP contribution in [0.2, 0.25) is 0 Å². The summed E-state index contributed by atoms with van der Waals surface area (Å²) in [7, 11) is 0. The highest BCUT2D eigenvalue weighted by Crippen LogP contribution is 2.10. The van der Waals surface area contributed by atoms with Gasteiger partial charge in [0.05, 0.1) is 0 Å². The minimum Gasteiger partial charge on any atom is -0.349 e. The van der Waals surface area contributed by atoms with Crippen molar-refractivity contribution >= 4 is 0 Å². The van der Waals surface area contributed by atoms with Gasteiger partial charge in [-0.15, -0.1) is 0 Å². The second-order valence-corrected chi connectivity index (χ2v) is 3.44. The molecule has 1 aromatic heterocycles. The maximum Gasteiger partial charge on any atom is 0.105 e. The third kappa shape index (κ3) is 3.07. The smallest absolute Gasteiger partial charge is 0.105 e. The second-order valence-electron chi connectivity index (χ2n) is 3.44. The van der Waals surface area contributed by atoms with Crippen molar-refractivity contribution in [3.63, 3.8) is 0 Å². The monoisotopic (exact) mass is 166 g/mol. The average molecular weight is 166 g/mol. The maximum absolute atomic E-state index is 4.18. The molecule has 0 saturated carbocycles. The number of hydrogen-bond donors (Lipinski definition) is 1. The molecular weight excluding hydrogens is 148 g/mol. The van der Waals surface area contributed by atoms with Crippen molar-refractivity contribution in [2.45, 2.75) is 39.5 Å². The second kappa shape index (κ2) is 4.96. The van der Waals surface area contributed by atoms with E-state index in [1.165, 1.54) is 19.3 Å². The van der Waals surface area contributed by atoms with Crippen molar-refractivity contribution in [3.05, 3.63) is 18.2 Å². The molecule has 0 bridgehead atoms. The molecule has 1 heterocycles. The molecule has 1 atom stereocenters. The van der Waals surface area contributed by atoms with Gasteiger partial charge in [0, 0.05) is 18.8 Å². The van der Waals surface area contributed by atoms with Crippen molar-refractivity contribution < 1.29 is 0 Å². The minimum atomic E-state index is 0.861. The van der Waals surface area contributed by atoms with E-state index in [4.69, 9.17) is 0 Å². The summed E-state index contributed by atoms with van der Waals surface area (Å²) in [5, 5.41) is 0. The zero-order valence-corrected chi connectivity index (χ0v) is 8.01. The van der Waals surface area contributed by atoms with Crippen LogP contribution in [-0.4, -0.2) is 9.97 Å². The van der Waals surface area contributed by atoms with Gasteiger partial charge in [-0.05, 0) is 12.3 Å². The van der Waals surface area contributed by atoms with Gasteiger partial charge in [0.25, 0.3) is 0 Å². The Kier molecular flexibility index (Phi) is 3.85. The maximum atomic E-state index is 4.18. The average Bonchev–Trinajstić information content (AvgIpc) is 2.57. The van der Waals surface area contributed by atoms with Gasteiger partial charge in [-0.1, -0.05) is 26.7 Å². The van der Waals surface area contributed by atoms with E-state index in [1.54, 1.807) is 0 Å². The van der Waals surface area contributed by atoms with Gasteiger partial charge in [-0.25, -0.2) is 4.98 Å². The van der Waals surface area contributed by atoms with Gasteiger partial charge >= 0.3 is 0 Å². The van der Waals surface area contributed by atoms with Crippen LogP contribution in [0.4, 0.5) is 0 Å². The number of aromatic nitrogens is 2. The number of rotatable bonds is 5. The summed E-state index contributed by atoms with van der Waals surface area (Å²) >= 11 is 0. The zero-order chi connectivity index (χ0) is 8.81. The molecule has 2 heteroatoms. The van der Waals surface area contributed by atoms with Gasteiger partial charge in [-0.3, -0.25) is 0 Å². The first-order chi connectivity index (χ1) is 5.83. The molecule has 0 aliphatic rings. The number of nitrogens with one attached hydrogen (secondary N) is 1. The molecule has 0 saturated heterocycles. The van der Waals surface area contributed by atoms with Crippen molar-refractivity contribution in [2.24, 2.45) is 5.92 Å². The van der Waals surface area contributed by atoms with Crippen LogP contribution in [0, 0.1) is 5.92 Å². The fourth-order valence-corrected chi connectivity index (χ4v) is 1.26. The van der Waals surface area contributed by atoms with Crippen LogP contribution in [0.5, 0.6) is 0 Å². The van der Waals surface area contributed by atoms with E-state index in [2.05, 4.69) is 23.8 Å². The lowest BCUT2D eigenvalue weighted by Gasteiger charge is -2.05. The van der Waals surface area contributed by atoms with Crippen LogP contribution in [-0.2, 0) is 6.42 Å². The lowest BCUT2D eigenvalue weighted by atomic mass is 10.0. The molecule has 0 aliphatic carbocycles. The van der Waals surface area contributed by atoms with Gasteiger partial charge < -0.3 is 4.98 Å². The summed E-state index contributed by atoms with van der Waals surface area (Å²) in [6, 6.07) is 0. The van der Waals surface area contributed by atoms with Crippen LogP contribution in [0.3, 0.4) is 0 Å². The molecule has 1 N–H and O–H groups in total. The van der Waals surface area contributed by atoms with E-state index in [0.717, 1.165) is 18.2 Å². The standard InChI is InChI=1S/C10H18N2/c1-3-9(2)5-4-6-10-11-7-8-12-10/h7-9H,3-6H2,1-2H3,(H,11,12). The molecule has 0 aliphatic heterocycles. The SMILES string of the molecule is CCC(C)CCCc1ncc[nH]1. The first-order valence-corrected chi connectivity index (χ1v) is 4.81. The van der Waals surface area contributed by atoms with Gasteiger partial charge in [-0.2, -0.15) is 0 Å². The lowest BCUT2D eigenvalue weighted by molar-refractivity contribution is 0.492. The number of hydrogen-bond acceptors (Lipinski definition) is 1. The van der Waals surface area contributed by atoms with Crippen molar-refractivity contribution in [2.75, 3.05) is 0 Å². The summed E-state index contributed by atoms with van der Waals surface area (Å²) in [4.78, 5) is 7.30. The van der Waals surface area contributed by atoms with Crippen LogP contribution < -0.4 is 0 Å². The summed E-state index contributed by atoms with van der Waals surface area (Å²) in [5.74, 6) is 1.98. The number of imidazole rings is 1. The molecule has 2 nitrogen and oxygen atoms in total. The molecule has 1 unspecified atom stereocenters. The summed E-state index contributed by atoms with van der Waals surface area (Å²) in [6.45, 7) is 4.56. The van der Waals surface area contributed by atoms with Crippen molar-refractivity contribution in [1.29, 1.82) is 0 Å². The molecule has 68 valence electrons.